The van der Waals surface area contributed by atoms with Crippen LogP contribution in [0.15, 0.2) is 72.8 Å². The monoisotopic (exact) mass is 546 g/mol. The number of benzene rings is 3. The van der Waals surface area contributed by atoms with E-state index in [0.717, 1.165) is 0 Å². The van der Waals surface area contributed by atoms with Crippen LogP contribution in [0.4, 0.5) is 11.4 Å². The molecule has 0 radical (unpaired) electrons. The molecule has 1 unspecified atom stereocenters. The Bertz CT molecular complexity index is 1480. The second-order valence-electron chi connectivity index (χ2n) is 9.91. The van der Waals surface area contributed by atoms with E-state index in [1.165, 1.54) is 16.5 Å². The molecule has 0 saturated carbocycles. The molecule has 0 spiro atoms. The summed E-state index contributed by atoms with van der Waals surface area (Å²) in [5.41, 5.74) is 2.49. The lowest BCUT2D eigenvalue weighted by atomic mass is 9.98. The summed E-state index contributed by atoms with van der Waals surface area (Å²) in [6, 6.07) is 20.0. The first-order valence-electron chi connectivity index (χ1n) is 12.6. The summed E-state index contributed by atoms with van der Waals surface area (Å²) in [5, 5.41) is 14.7. The molecule has 1 heterocycles. The molecule has 202 valence electrons. The average Bonchev–Trinajstić information content (AvgIpc) is 3.30. The number of hydrogen-bond donors (Lipinski definition) is 2. The molecule has 3 amide bonds. The SMILES string of the molecule is CCC(C)(C)NC(=O)C(c1ccc(Cl)cc1)N(C(=O)Cn1nnc2ccccc21)c1ccc(NC(C)=O)cc1. The van der Waals surface area contributed by atoms with Crippen molar-refractivity contribution in [1.29, 1.82) is 0 Å². The third-order valence-electron chi connectivity index (χ3n) is 6.48. The molecule has 2 N–H and O–H groups in total. The minimum absolute atomic E-state index is 0.150. The van der Waals surface area contributed by atoms with E-state index in [2.05, 4.69) is 20.9 Å². The highest BCUT2D eigenvalue weighted by Crippen LogP contribution is 2.31. The smallest absolute Gasteiger partial charge is 0.249 e. The number of carbonyl (C=O) groups excluding carboxylic acids is 3. The van der Waals surface area contributed by atoms with Gasteiger partial charge in [-0.15, -0.1) is 5.10 Å². The summed E-state index contributed by atoms with van der Waals surface area (Å²) in [5.74, 6) is -0.928. The van der Waals surface area contributed by atoms with Gasteiger partial charge in [-0.2, -0.15) is 0 Å². The predicted octanol–water partition coefficient (Wildman–Crippen LogP) is 5.12. The van der Waals surface area contributed by atoms with Gasteiger partial charge in [0, 0.05) is 28.9 Å². The molecule has 10 heteroatoms. The average molecular weight is 547 g/mol. The minimum atomic E-state index is -1.01. The van der Waals surface area contributed by atoms with Gasteiger partial charge in [0.1, 0.15) is 18.1 Å². The quantitative estimate of drug-likeness (QED) is 0.303. The van der Waals surface area contributed by atoms with Gasteiger partial charge in [-0.1, -0.05) is 48.0 Å². The summed E-state index contributed by atoms with van der Waals surface area (Å²) in [4.78, 5) is 41.0. The molecule has 4 rings (SSSR count). The largest absolute Gasteiger partial charge is 0.349 e. The lowest BCUT2D eigenvalue weighted by Gasteiger charge is -2.34. The zero-order chi connectivity index (χ0) is 28.2. The lowest BCUT2D eigenvalue weighted by molar-refractivity contribution is -0.128. The van der Waals surface area contributed by atoms with Crippen molar-refractivity contribution in [2.24, 2.45) is 0 Å². The molecule has 3 aromatic carbocycles. The molecule has 1 aromatic heterocycles. The fourth-order valence-corrected chi connectivity index (χ4v) is 4.26. The van der Waals surface area contributed by atoms with E-state index in [-0.39, 0.29) is 24.3 Å². The lowest BCUT2D eigenvalue weighted by Crippen LogP contribution is -2.51. The zero-order valence-corrected chi connectivity index (χ0v) is 23.1. The maximum atomic E-state index is 14.1. The summed E-state index contributed by atoms with van der Waals surface area (Å²) in [6.07, 6.45) is 0.691. The highest BCUT2D eigenvalue weighted by Gasteiger charge is 2.35. The summed E-state index contributed by atoms with van der Waals surface area (Å²) in [7, 11) is 0. The topological polar surface area (TPSA) is 109 Å². The standard InChI is InChI=1S/C29H31ClN6O3/c1-5-29(3,4)32-28(39)27(20-10-12-21(30)13-11-20)36(23-16-14-22(15-17-23)31-19(2)37)26(38)18-35-25-9-7-6-8-24(25)33-34-35/h6-17,27H,5,18H2,1-4H3,(H,31,37)(H,32,39). The number of fused-ring (bicyclic) bond motifs is 1. The Balaban J connectivity index is 1.81. The summed E-state index contributed by atoms with van der Waals surface area (Å²) < 4.78 is 1.52. The van der Waals surface area contributed by atoms with Gasteiger partial charge in [-0.3, -0.25) is 19.3 Å². The van der Waals surface area contributed by atoms with Crippen molar-refractivity contribution in [3.8, 4) is 0 Å². The van der Waals surface area contributed by atoms with Crippen molar-refractivity contribution >= 4 is 51.7 Å². The van der Waals surface area contributed by atoms with Gasteiger partial charge in [-0.05, 0) is 74.4 Å². The number of hydrogen-bond acceptors (Lipinski definition) is 5. The number of para-hydroxylation sites is 1. The van der Waals surface area contributed by atoms with Crippen molar-refractivity contribution in [3.05, 3.63) is 83.4 Å². The van der Waals surface area contributed by atoms with Gasteiger partial charge in [0.25, 0.3) is 0 Å². The van der Waals surface area contributed by atoms with Crippen LogP contribution in [0.1, 0.15) is 45.7 Å². The van der Waals surface area contributed by atoms with Crippen LogP contribution in [-0.4, -0.2) is 38.3 Å². The number of nitrogens with zero attached hydrogens (tertiary/aromatic N) is 4. The maximum absolute atomic E-state index is 14.1. The van der Waals surface area contributed by atoms with E-state index in [4.69, 9.17) is 11.6 Å². The van der Waals surface area contributed by atoms with E-state index >= 15 is 0 Å². The maximum Gasteiger partial charge on any atom is 0.249 e. The number of aromatic nitrogens is 3. The fraction of sp³-hybridized carbons (Fsp3) is 0.276. The number of rotatable bonds is 9. The highest BCUT2D eigenvalue weighted by atomic mass is 35.5. The summed E-state index contributed by atoms with van der Waals surface area (Å²) in [6.45, 7) is 7.11. The Morgan fingerprint density at radius 1 is 1.00 bits per heavy atom. The zero-order valence-electron chi connectivity index (χ0n) is 22.3. The Kier molecular flexibility index (Phi) is 8.30. The van der Waals surface area contributed by atoms with Gasteiger partial charge in [0.05, 0.1) is 5.52 Å². The normalized spacial score (nSPS) is 12.1. The molecule has 0 aliphatic carbocycles. The van der Waals surface area contributed by atoms with Crippen LogP contribution < -0.4 is 15.5 Å². The van der Waals surface area contributed by atoms with Gasteiger partial charge < -0.3 is 10.6 Å². The van der Waals surface area contributed by atoms with Crippen molar-refractivity contribution in [2.45, 2.75) is 52.2 Å². The second-order valence-corrected chi connectivity index (χ2v) is 10.3. The number of nitrogens with one attached hydrogen (secondary N) is 2. The van der Waals surface area contributed by atoms with Crippen LogP contribution in [0.3, 0.4) is 0 Å². The molecule has 1 atom stereocenters. The molecular weight excluding hydrogens is 516 g/mol. The van der Waals surface area contributed by atoms with Gasteiger partial charge in [0.15, 0.2) is 0 Å². The van der Waals surface area contributed by atoms with Crippen LogP contribution in [0.25, 0.3) is 11.0 Å². The first-order chi connectivity index (χ1) is 18.6. The van der Waals surface area contributed by atoms with Gasteiger partial charge >= 0.3 is 0 Å². The van der Waals surface area contributed by atoms with Crippen molar-refractivity contribution < 1.29 is 14.4 Å². The molecule has 4 aromatic rings. The molecule has 0 fully saturated rings. The first-order valence-corrected chi connectivity index (χ1v) is 13.0. The fourth-order valence-electron chi connectivity index (χ4n) is 4.14. The van der Waals surface area contributed by atoms with E-state index in [1.807, 2.05) is 45.0 Å². The van der Waals surface area contributed by atoms with E-state index in [0.29, 0.717) is 39.4 Å². The van der Waals surface area contributed by atoms with Crippen molar-refractivity contribution in [2.75, 3.05) is 10.2 Å². The Morgan fingerprint density at radius 3 is 2.31 bits per heavy atom. The molecule has 9 nitrogen and oxygen atoms in total. The van der Waals surface area contributed by atoms with Crippen LogP contribution in [0.5, 0.6) is 0 Å². The number of anilines is 2. The number of halogens is 1. The Hall–Kier alpha value is -4.24. The van der Waals surface area contributed by atoms with Crippen LogP contribution in [0.2, 0.25) is 5.02 Å². The van der Waals surface area contributed by atoms with Crippen LogP contribution in [0, 0.1) is 0 Å². The van der Waals surface area contributed by atoms with Crippen LogP contribution in [-0.2, 0) is 20.9 Å². The third kappa shape index (κ3) is 6.61. The Morgan fingerprint density at radius 2 is 1.67 bits per heavy atom. The Labute approximate surface area is 232 Å². The molecule has 0 aliphatic rings. The molecule has 0 saturated heterocycles. The van der Waals surface area contributed by atoms with Gasteiger partial charge in [0.2, 0.25) is 17.7 Å². The van der Waals surface area contributed by atoms with E-state index in [9.17, 15) is 14.4 Å². The first kappa shape index (κ1) is 27.8. The number of amides is 3. The predicted molar refractivity (Wildman–Crippen MR) is 152 cm³/mol. The highest BCUT2D eigenvalue weighted by molar-refractivity contribution is 6.30. The van der Waals surface area contributed by atoms with Gasteiger partial charge in [-0.25, -0.2) is 4.68 Å². The van der Waals surface area contributed by atoms with Crippen molar-refractivity contribution in [1.82, 2.24) is 20.3 Å². The summed E-state index contributed by atoms with van der Waals surface area (Å²) >= 11 is 6.16. The molecule has 0 aliphatic heterocycles. The second kappa shape index (κ2) is 11.7. The minimum Gasteiger partial charge on any atom is -0.349 e. The van der Waals surface area contributed by atoms with Crippen LogP contribution >= 0.6 is 11.6 Å². The molecule has 0 bridgehead atoms. The third-order valence-corrected chi connectivity index (χ3v) is 6.73. The van der Waals surface area contributed by atoms with E-state index < -0.39 is 11.6 Å². The molecule has 39 heavy (non-hydrogen) atoms. The van der Waals surface area contributed by atoms with E-state index in [1.54, 1.807) is 48.5 Å². The number of carbonyl (C=O) groups is 3. The molecular formula is C29H31ClN6O3. The van der Waals surface area contributed by atoms with Crippen molar-refractivity contribution in [3.63, 3.8) is 0 Å².